The van der Waals surface area contributed by atoms with Gasteiger partial charge in [-0.15, -0.1) is 0 Å². The first-order valence-electron chi connectivity index (χ1n) is 5.67. The van der Waals surface area contributed by atoms with Crippen molar-refractivity contribution in [1.82, 2.24) is 5.32 Å². The molecule has 1 aromatic carbocycles. The minimum Gasteiger partial charge on any atom is -0.394 e. The molecule has 4 nitrogen and oxygen atoms in total. The molecule has 0 radical (unpaired) electrons. The summed E-state index contributed by atoms with van der Waals surface area (Å²) < 4.78 is 5.03. The van der Waals surface area contributed by atoms with Gasteiger partial charge in [-0.2, -0.15) is 0 Å². The molecule has 0 heterocycles. The Balaban J connectivity index is 2.72. The summed E-state index contributed by atoms with van der Waals surface area (Å²) in [6.07, 6.45) is 0. The zero-order valence-corrected chi connectivity index (χ0v) is 10.3. The molecule has 2 N–H and O–H groups in total. The van der Waals surface area contributed by atoms with E-state index in [-0.39, 0.29) is 19.1 Å². The first kappa shape index (κ1) is 13.7. The third-order valence-corrected chi connectivity index (χ3v) is 2.58. The number of ether oxygens (including phenoxy) is 1. The van der Waals surface area contributed by atoms with Crippen molar-refractivity contribution in [2.45, 2.75) is 19.4 Å². The standard InChI is InChI=1S/C13H19NO3/c1-3-17-9-12(16)14-13(2,10-15)11-7-5-4-6-8-11/h4-8,15H,3,9-10H2,1-2H3,(H,14,16). The second-order valence-electron chi connectivity index (χ2n) is 4.04. The van der Waals surface area contributed by atoms with Crippen molar-refractivity contribution in [3.05, 3.63) is 35.9 Å². The van der Waals surface area contributed by atoms with E-state index in [2.05, 4.69) is 5.32 Å². The van der Waals surface area contributed by atoms with Crippen LogP contribution in [0.1, 0.15) is 19.4 Å². The molecule has 1 rings (SSSR count). The molecule has 0 aliphatic rings. The molecule has 1 aromatic rings. The number of aliphatic hydroxyl groups excluding tert-OH is 1. The lowest BCUT2D eigenvalue weighted by atomic mass is 9.93. The van der Waals surface area contributed by atoms with Crippen molar-refractivity contribution in [1.29, 1.82) is 0 Å². The topological polar surface area (TPSA) is 58.6 Å². The average molecular weight is 237 g/mol. The van der Waals surface area contributed by atoms with E-state index in [1.165, 1.54) is 0 Å². The Kier molecular flexibility index (Phi) is 5.12. The van der Waals surface area contributed by atoms with Gasteiger partial charge in [0, 0.05) is 6.61 Å². The minimum atomic E-state index is -0.768. The van der Waals surface area contributed by atoms with Crippen molar-refractivity contribution in [2.75, 3.05) is 19.8 Å². The van der Waals surface area contributed by atoms with E-state index in [4.69, 9.17) is 4.74 Å². The number of carbonyl (C=O) groups excluding carboxylic acids is 1. The smallest absolute Gasteiger partial charge is 0.246 e. The lowest BCUT2D eigenvalue weighted by molar-refractivity contribution is -0.128. The quantitative estimate of drug-likeness (QED) is 0.777. The lowest BCUT2D eigenvalue weighted by Crippen LogP contribution is -2.47. The summed E-state index contributed by atoms with van der Waals surface area (Å²) in [6.45, 7) is 3.96. The number of nitrogens with one attached hydrogen (secondary N) is 1. The Morgan fingerprint density at radius 2 is 2.06 bits per heavy atom. The Morgan fingerprint density at radius 3 is 2.59 bits per heavy atom. The molecule has 0 saturated carbocycles. The minimum absolute atomic E-state index is 0.0128. The number of rotatable bonds is 6. The van der Waals surface area contributed by atoms with Gasteiger partial charge in [0.25, 0.3) is 0 Å². The molecule has 0 aliphatic heterocycles. The first-order chi connectivity index (χ1) is 8.12. The van der Waals surface area contributed by atoms with Crippen molar-refractivity contribution < 1.29 is 14.6 Å². The first-order valence-corrected chi connectivity index (χ1v) is 5.67. The Labute approximate surface area is 102 Å². The summed E-state index contributed by atoms with van der Waals surface area (Å²) in [6, 6.07) is 9.38. The summed E-state index contributed by atoms with van der Waals surface area (Å²) in [5, 5.41) is 12.2. The van der Waals surface area contributed by atoms with Crippen LogP contribution in [0.3, 0.4) is 0 Å². The fourth-order valence-corrected chi connectivity index (χ4v) is 1.55. The molecule has 0 aromatic heterocycles. The highest BCUT2D eigenvalue weighted by molar-refractivity contribution is 5.78. The van der Waals surface area contributed by atoms with Gasteiger partial charge >= 0.3 is 0 Å². The van der Waals surface area contributed by atoms with Gasteiger partial charge in [0.2, 0.25) is 5.91 Å². The van der Waals surface area contributed by atoms with E-state index in [1.54, 1.807) is 6.92 Å². The van der Waals surface area contributed by atoms with Crippen LogP contribution < -0.4 is 5.32 Å². The number of hydrogen-bond donors (Lipinski definition) is 2. The van der Waals surface area contributed by atoms with Gasteiger partial charge in [-0.3, -0.25) is 4.79 Å². The molecule has 0 spiro atoms. The molecule has 4 heteroatoms. The van der Waals surface area contributed by atoms with Crippen LogP contribution in [-0.4, -0.2) is 30.8 Å². The molecule has 94 valence electrons. The van der Waals surface area contributed by atoms with Crippen molar-refractivity contribution in [3.8, 4) is 0 Å². The van der Waals surface area contributed by atoms with Gasteiger partial charge in [-0.25, -0.2) is 0 Å². The number of aliphatic hydroxyl groups is 1. The monoisotopic (exact) mass is 237 g/mol. The van der Waals surface area contributed by atoms with Gasteiger partial charge in [0.15, 0.2) is 0 Å². The van der Waals surface area contributed by atoms with Crippen LogP contribution in [0.4, 0.5) is 0 Å². The molecule has 0 fully saturated rings. The summed E-state index contributed by atoms with van der Waals surface area (Å²) >= 11 is 0. The van der Waals surface area contributed by atoms with Crippen LogP contribution in [0.25, 0.3) is 0 Å². The van der Waals surface area contributed by atoms with Gasteiger partial charge in [0.05, 0.1) is 12.1 Å². The molecular formula is C13H19NO3. The predicted molar refractivity (Wildman–Crippen MR) is 65.5 cm³/mol. The average Bonchev–Trinajstić information content (AvgIpc) is 2.37. The molecule has 0 bridgehead atoms. The molecule has 1 unspecified atom stereocenters. The number of carbonyl (C=O) groups is 1. The maximum Gasteiger partial charge on any atom is 0.246 e. The Morgan fingerprint density at radius 1 is 1.41 bits per heavy atom. The van der Waals surface area contributed by atoms with Crippen LogP contribution >= 0.6 is 0 Å². The highest BCUT2D eigenvalue weighted by atomic mass is 16.5. The third kappa shape index (κ3) is 3.84. The number of amides is 1. The molecule has 0 aliphatic carbocycles. The van der Waals surface area contributed by atoms with Gasteiger partial charge < -0.3 is 15.2 Å². The fourth-order valence-electron chi connectivity index (χ4n) is 1.55. The van der Waals surface area contributed by atoms with Crippen molar-refractivity contribution in [2.24, 2.45) is 0 Å². The normalized spacial score (nSPS) is 14.1. The summed E-state index contributed by atoms with van der Waals surface area (Å²) in [4.78, 5) is 11.6. The molecule has 17 heavy (non-hydrogen) atoms. The van der Waals surface area contributed by atoms with Crippen LogP contribution in [0.15, 0.2) is 30.3 Å². The Bertz CT molecular complexity index is 353. The third-order valence-electron chi connectivity index (χ3n) is 2.58. The van der Waals surface area contributed by atoms with E-state index in [1.807, 2.05) is 37.3 Å². The second kappa shape index (κ2) is 6.37. The van der Waals surface area contributed by atoms with Gasteiger partial charge in [-0.1, -0.05) is 30.3 Å². The van der Waals surface area contributed by atoms with E-state index < -0.39 is 5.54 Å². The Hall–Kier alpha value is -1.39. The molecule has 1 atom stereocenters. The zero-order valence-electron chi connectivity index (χ0n) is 10.3. The van der Waals surface area contributed by atoms with Gasteiger partial charge in [-0.05, 0) is 19.4 Å². The van der Waals surface area contributed by atoms with Crippen molar-refractivity contribution in [3.63, 3.8) is 0 Å². The molecule has 0 saturated heterocycles. The summed E-state index contributed by atoms with van der Waals surface area (Å²) in [5.74, 6) is -0.229. The van der Waals surface area contributed by atoms with Crippen LogP contribution in [0.2, 0.25) is 0 Å². The zero-order chi connectivity index (χ0) is 12.7. The highest BCUT2D eigenvalue weighted by Gasteiger charge is 2.27. The molecule has 1 amide bonds. The maximum atomic E-state index is 11.6. The summed E-state index contributed by atoms with van der Waals surface area (Å²) in [7, 11) is 0. The van der Waals surface area contributed by atoms with E-state index >= 15 is 0 Å². The SMILES string of the molecule is CCOCC(=O)NC(C)(CO)c1ccccc1. The van der Waals surface area contributed by atoms with Gasteiger partial charge in [0.1, 0.15) is 6.61 Å². The van der Waals surface area contributed by atoms with Crippen LogP contribution in [0.5, 0.6) is 0 Å². The maximum absolute atomic E-state index is 11.6. The summed E-state index contributed by atoms with van der Waals surface area (Å²) in [5.41, 5.74) is 0.0995. The largest absolute Gasteiger partial charge is 0.394 e. The fraction of sp³-hybridized carbons (Fsp3) is 0.462. The van der Waals surface area contributed by atoms with Crippen LogP contribution in [-0.2, 0) is 15.1 Å². The second-order valence-corrected chi connectivity index (χ2v) is 4.04. The number of benzene rings is 1. The van der Waals surface area contributed by atoms with E-state index in [9.17, 15) is 9.90 Å². The predicted octanol–water partition coefficient (Wildman–Crippen LogP) is 1.05. The number of hydrogen-bond acceptors (Lipinski definition) is 3. The molecular weight excluding hydrogens is 218 g/mol. The highest BCUT2D eigenvalue weighted by Crippen LogP contribution is 2.19. The van der Waals surface area contributed by atoms with Crippen LogP contribution in [0, 0.1) is 0 Å². The van der Waals surface area contributed by atoms with E-state index in [0.717, 1.165) is 5.56 Å². The van der Waals surface area contributed by atoms with E-state index in [0.29, 0.717) is 6.61 Å². The lowest BCUT2D eigenvalue weighted by Gasteiger charge is -2.29. The van der Waals surface area contributed by atoms with Crippen molar-refractivity contribution >= 4 is 5.91 Å².